The van der Waals surface area contributed by atoms with Gasteiger partial charge in [0.15, 0.2) is 0 Å². The molecule has 0 bridgehead atoms. The second-order valence-corrected chi connectivity index (χ2v) is 5.81. The van der Waals surface area contributed by atoms with Crippen LogP contribution in [-0.2, 0) is 16.2 Å². The molecule has 0 radical (unpaired) electrons. The SMILES string of the molecule is Cc1[nH]ncc1S(=O)(=O)Nc1cc(C(F)(F)F)ccc1F. The fraction of sp³-hybridized carbons (Fsp3) is 0.182. The molecule has 0 spiro atoms. The Morgan fingerprint density at radius 1 is 1.29 bits per heavy atom. The summed E-state index contributed by atoms with van der Waals surface area (Å²) in [6.07, 6.45) is -3.73. The Morgan fingerprint density at radius 2 is 1.95 bits per heavy atom. The van der Waals surface area contributed by atoms with E-state index in [2.05, 4.69) is 10.2 Å². The molecule has 0 unspecified atom stereocenters. The van der Waals surface area contributed by atoms with Crippen LogP contribution < -0.4 is 4.72 Å². The van der Waals surface area contributed by atoms with Gasteiger partial charge in [0.1, 0.15) is 10.7 Å². The number of aromatic amines is 1. The quantitative estimate of drug-likeness (QED) is 0.853. The van der Waals surface area contributed by atoms with Crippen LogP contribution in [0.2, 0.25) is 0 Å². The highest BCUT2D eigenvalue weighted by molar-refractivity contribution is 7.92. The molecule has 0 atom stereocenters. The molecule has 21 heavy (non-hydrogen) atoms. The molecular formula is C11H9F4N3O2S. The number of hydrogen-bond acceptors (Lipinski definition) is 3. The Hall–Kier alpha value is -2.10. The first-order valence-electron chi connectivity index (χ1n) is 5.51. The van der Waals surface area contributed by atoms with Gasteiger partial charge >= 0.3 is 6.18 Å². The molecule has 114 valence electrons. The average Bonchev–Trinajstić information content (AvgIpc) is 2.77. The van der Waals surface area contributed by atoms with Crippen molar-refractivity contribution in [2.45, 2.75) is 18.0 Å². The topological polar surface area (TPSA) is 74.8 Å². The zero-order valence-electron chi connectivity index (χ0n) is 10.5. The van der Waals surface area contributed by atoms with Crippen molar-refractivity contribution in [3.05, 3.63) is 41.5 Å². The van der Waals surface area contributed by atoms with Crippen LogP contribution in [-0.4, -0.2) is 18.6 Å². The van der Waals surface area contributed by atoms with Crippen LogP contribution >= 0.6 is 0 Å². The number of sulfonamides is 1. The van der Waals surface area contributed by atoms with Gasteiger partial charge in [0.05, 0.1) is 23.1 Å². The van der Waals surface area contributed by atoms with Gasteiger partial charge in [-0.1, -0.05) is 0 Å². The van der Waals surface area contributed by atoms with E-state index in [-0.39, 0.29) is 10.6 Å². The molecule has 1 aromatic carbocycles. The molecule has 0 fully saturated rings. The number of rotatable bonds is 3. The van der Waals surface area contributed by atoms with Crippen molar-refractivity contribution in [3.8, 4) is 0 Å². The van der Waals surface area contributed by atoms with Crippen molar-refractivity contribution in [1.29, 1.82) is 0 Å². The minimum absolute atomic E-state index is 0.176. The van der Waals surface area contributed by atoms with E-state index in [1.54, 1.807) is 4.72 Å². The number of benzene rings is 1. The molecule has 0 aliphatic heterocycles. The number of aromatic nitrogens is 2. The molecule has 0 amide bonds. The summed E-state index contributed by atoms with van der Waals surface area (Å²) in [5.41, 5.74) is -1.77. The first kappa shape index (κ1) is 15.3. The largest absolute Gasteiger partial charge is 0.416 e. The van der Waals surface area contributed by atoms with Crippen LogP contribution in [0.5, 0.6) is 0 Å². The molecule has 0 aliphatic carbocycles. The van der Waals surface area contributed by atoms with E-state index in [9.17, 15) is 26.0 Å². The van der Waals surface area contributed by atoms with Gasteiger partial charge in [-0.2, -0.15) is 18.3 Å². The number of hydrogen-bond donors (Lipinski definition) is 2. The predicted molar refractivity (Wildman–Crippen MR) is 65.5 cm³/mol. The molecular weight excluding hydrogens is 314 g/mol. The first-order valence-corrected chi connectivity index (χ1v) is 6.99. The normalized spacial score (nSPS) is 12.4. The summed E-state index contributed by atoms with van der Waals surface area (Å²) in [7, 11) is -4.24. The summed E-state index contributed by atoms with van der Waals surface area (Å²) in [5.74, 6) is -1.12. The molecule has 0 aliphatic rings. The van der Waals surface area contributed by atoms with Crippen molar-refractivity contribution < 1.29 is 26.0 Å². The maximum atomic E-state index is 13.5. The number of aryl methyl sites for hydroxylation is 1. The zero-order chi connectivity index (χ0) is 15.8. The Kier molecular flexibility index (Phi) is 3.66. The van der Waals surface area contributed by atoms with Gasteiger partial charge in [-0.25, -0.2) is 12.8 Å². The highest BCUT2D eigenvalue weighted by atomic mass is 32.2. The molecule has 5 nitrogen and oxygen atoms in total. The fourth-order valence-corrected chi connectivity index (χ4v) is 2.79. The van der Waals surface area contributed by atoms with E-state index in [4.69, 9.17) is 0 Å². The van der Waals surface area contributed by atoms with Gasteiger partial charge in [0.2, 0.25) is 0 Å². The van der Waals surface area contributed by atoms with Crippen LogP contribution in [0.15, 0.2) is 29.3 Å². The molecule has 10 heteroatoms. The summed E-state index contributed by atoms with van der Waals surface area (Å²) in [6, 6.07) is 1.46. The third kappa shape index (κ3) is 3.15. The van der Waals surface area contributed by atoms with Gasteiger partial charge in [0.25, 0.3) is 10.0 Å². The third-order valence-corrected chi connectivity index (χ3v) is 4.09. The van der Waals surface area contributed by atoms with E-state index < -0.39 is 33.3 Å². The molecule has 1 heterocycles. The molecule has 2 N–H and O–H groups in total. The number of anilines is 1. The van der Waals surface area contributed by atoms with Crippen LogP contribution in [0, 0.1) is 12.7 Å². The van der Waals surface area contributed by atoms with Gasteiger partial charge in [-0.15, -0.1) is 0 Å². The van der Waals surface area contributed by atoms with Gasteiger partial charge in [-0.05, 0) is 25.1 Å². The summed E-state index contributed by atoms with van der Waals surface area (Å²) in [4.78, 5) is -0.278. The molecule has 0 saturated heterocycles. The van der Waals surface area contributed by atoms with E-state index in [0.29, 0.717) is 18.2 Å². The second kappa shape index (κ2) is 5.02. The van der Waals surface area contributed by atoms with E-state index in [1.807, 2.05) is 0 Å². The number of alkyl halides is 3. The van der Waals surface area contributed by atoms with Gasteiger partial charge < -0.3 is 0 Å². The lowest BCUT2D eigenvalue weighted by molar-refractivity contribution is -0.137. The highest BCUT2D eigenvalue weighted by Gasteiger charge is 2.32. The lowest BCUT2D eigenvalue weighted by Crippen LogP contribution is -2.15. The standard InChI is InChI=1S/C11H9F4N3O2S/c1-6-10(5-16-17-6)21(19,20)18-9-4-7(11(13,14)15)2-3-8(9)12/h2-5,18H,1H3,(H,16,17). The Morgan fingerprint density at radius 3 is 2.48 bits per heavy atom. The fourth-order valence-electron chi connectivity index (χ4n) is 1.59. The van der Waals surface area contributed by atoms with E-state index in [1.165, 1.54) is 6.92 Å². The number of halogens is 4. The van der Waals surface area contributed by atoms with Gasteiger partial charge in [-0.3, -0.25) is 9.82 Å². The third-order valence-electron chi connectivity index (χ3n) is 2.61. The lowest BCUT2D eigenvalue weighted by Gasteiger charge is -2.11. The van der Waals surface area contributed by atoms with Crippen LogP contribution in [0.3, 0.4) is 0 Å². The summed E-state index contributed by atoms with van der Waals surface area (Å²) in [5, 5.41) is 5.86. The van der Waals surface area contributed by atoms with Crippen LogP contribution in [0.1, 0.15) is 11.3 Å². The Labute approximate surface area is 117 Å². The van der Waals surface area contributed by atoms with Crippen LogP contribution in [0.4, 0.5) is 23.2 Å². The average molecular weight is 323 g/mol. The second-order valence-electron chi connectivity index (χ2n) is 4.16. The first-order chi connectivity index (χ1) is 9.61. The Balaban J connectivity index is 2.42. The number of H-pyrrole nitrogens is 1. The minimum Gasteiger partial charge on any atom is -0.281 e. The van der Waals surface area contributed by atoms with Crippen molar-refractivity contribution in [3.63, 3.8) is 0 Å². The summed E-state index contributed by atoms with van der Waals surface area (Å²) in [6.45, 7) is 1.41. The van der Waals surface area contributed by atoms with Crippen molar-refractivity contribution >= 4 is 15.7 Å². The molecule has 0 saturated carbocycles. The summed E-state index contributed by atoms with van der Waals surface area (Å²) >= 11 is 0. The van der Waals surface area contributed by atoms with Gasteiger partial charge in [0, 0.05) is 0 Å². The molecule has 2 aromatic rings. The minimum atomic E-state index is -4.71. The van der Waals surface area contributed by atoms with Crippen LogP contribution in [0.25, 0.3) is 0 Å². The highest BCUT2D eigenvalue weighted by Crippen LogP contribution is 2.32. The Bertz CT molecular complexity index is 768. The van der Waals surface area contributed by atoms with E-state index in [0.717, 1.165) is 6.20 Å². The monoisotopic (exact) mass is 323 g/mol. The van der Waals surface area contributed by atoms with Crippen molar-refractivity contribution in [2.24, 2.45) is 0 Å². The molecule has 2 rings (SSSR count). The van der Waals surface area contributed by atoms with Crippen molar-refractivity contribution in [1.82, 2.24) is 10.2 Å². The van der Waals surface area contributed by atoms with Crippen molar-refractivity contribution in [2.75, 3.05) is 4.72 Å². The maximum Gasteiger partial charge on any atom is 0.416 e. The summed E-state index contributed by atoms with van der Waals surface area (Å²) < 4.78 is 76.9. The van der Waals surface area contributed by atoms with E-state index >= 15 is 0 Å². The number of nitrogens with one attached hydrogen (secondary N) is 2. The smallest absolute Gasteiger partial charge is 0.281 e. The number of nitrogens with zero attached hydrogens (tertiary/aromatic N) is 1. The predicted octanol–water partition coefficient (Wildman–Crippen LogP) is 2.68. The molecule has 1 aromatic heterocycles. The zero-order valence-corrected chi connectivity index (χ0v) is 11.3. The maximum absolute atomic E-state index is 13.5. The lowest BCUT2D eigenvalue weighted by atomic mass is 10.2.